The molecule has 1 aromatic rings. The third-order valence-electron chi connectivity index (χ3n) is 4.14. The first-order valence-corrected chi connectivity index (χ1v) is 8.10. The van der Waals surface area contributed by atoms with Gasteiger partial charge in [-0.25, -0.2) is 14.7 Å². The molecule has 0 aromatic carbocycles. The SMILES string of the molecule is CC(C)(C)OC(=O)N1C(=O)CCC1C(=O)N1CCn2ccnc2C1. The lowest BCUT2D eigenvalue weighted by atomic mass is 10.1. The normalized spacial score (nSPS) is 21.0. The molecule has 1 atom stereocenters. The first-order chi connectivity index (χ1) is 11.3. The molecule has 130 valence electrons. The van der Waals surface area contributed by atoms with Gasteiger partial charge in [0.2, 0.25) is 11.8 Å². The van der Waals surface area contributed by atoms with Crippen LogP contribution in [-0.4, -0.2) is 55.4 Å². The van der Waals surface area contributed by atoms with E-state index in [4.69, 9.17) is 4.74 Å². The summed E-state index contributed by atoms with van der Waals surface area (Å²) in [5.41, 5.74) is -0.719. The average Bonchev–Trinajstić information content (AvgIpc) is 3.09. The largest absolute Gasteiger partial charge is 0.443 e. The van der Waals surface area contributed by atoms with Crippen molar-refractivity contribution >= 4 is 17.9 Å². The second-order valence-corrected chi connectivity index (χ2v) is 7.10. The van der Waals surface area contributed by atoms with E-state index in [1.54, 1.807) is 31.9 Å². The summed E-state index contributed by atoms with van der Waals surface area (Å²) in [6.45, 7) is 6.77. The van der Waals surface area contributed by atoms with Gasteiger partial charge in [0.25, 0.3) is 0 Å². The van der Waals surface area contributed by atoms with E-state index >= 15 is 0 Å². The van der Waals surface area contributed by atoms with Gasteiger partial charge in [0.05, 0.1) is 6.54 Å². The number of aromatic nitrogens is 2. The molecule has 8 nitrogen and oxygen atoms in total. The lowest BCUT2D eigenvalue weighted by molar-refractivity contribution is -0.141. The summed E-state index contributed by atoms with van der Waals surface area (Å²) in [5, 5.41) is 0. The van der Waals surface area contributed by atoms with Gasteiger partial charge in [-0.05, 0) is 27.2 Å². The van der Waals surface area contributed by atoms with Gasteiger partial charge in [-0.2, -0.15) is 0 Å². The van der Waals surface area contributed by atoms with Crippen molar-refractivity contribution in [3.05, 3.63) is 18.2 Å². The molecule has 0 aliphatic carbocycles. The smallest absolute Gasteiger partial charge is 0.417 e. The Kier molecular flexibility index (Phi) is 4.06. The molecule has 2 aliphatic rings. The van der Waals surface area contributed by atoms with E-state index in [0.717, 1.165) is 10.7 Å². The molecule has 1 fully saturated rings. The van der Waals surface area contributed by atoms with E-state index in [2.05, 4.69) is 4.98 Å². The van der Waals surface area contributed by atoms with Gasteiger partial charge in [-0.3, -0.25) is 9.59 Å². The predicted octanol–water partition coefficient (Wildman–Crippen LogP) is 1.15. The molecular formula is C16H22N4O4. The lowest BCUT2D eigenvalue weighted by Gasteiger charge is -2.32. The van der Waals surface area contributed by atoms with Crippen LogP contribution in [0.2, 0.25) is 0 Å². The highest BCUT2D eigenvalue weighted by Crippen LogP contribution is 2.25. The van der Waals surface area contributed by atoms with E-state index in [9.17, 15) is 14.4 Å². The molecule has 3 heterocycles. The fourth-order valence-electron chi connectivity index (χ4n) is 3.03. The highest BCUT2D eigenvalue weighted by atomic mass is 16.6. The maximum absolute atomic E-state index is 12.8. The second kappa shape index (κ2) is 5.92. The van der Waals surface area contributed by atoms with Crippen molar-refractivity contribution < 1.29 is 19.1 Å². The molecule has 1 unspecified atom stereocenters. The molecule has 0 saturated carbocycles. The third-order valence-corrected chi connectivity index (χ3v) is 4.14. The summed E-state index contributed by atoms with van der Waals surface area (Å²) in [6.07, 6.45) is 3.35. The minimum absolute atomic E-state index is 0.179. The zero-order valence-electron chi connectivity index (χ0n) is 14.2. The number of imidazole rings is 1. The maximum Gasteiger partial charge on any atom is 0.417 e. The molecule has 1 saturated heterocycles. The molecule has 0 spiro atoms. The molecule has 3 amide bonds. The lowest BCUT2D eigenvalue weighted by Crippen LogP contribution is -2.51. The van der Waals surface area contributed by atoms with Crippen LogP contribution in [0.1, 0.15) is 39.4 Å². The van der Waals surface area contributed by atoms with Gasteiger partial charge in [0.15, 0.2) is 0 Å². The number of hydrogen-bond donors (Lipinski definition) is 0. The van der Waals surface area contributed by atoms with Crippen molar-refractivity contribution in [2.45, 2.75) is 58.3 Å². The average molecular weight is 334 g/mol. The van der Waals surface area contributed by atoms with Gasteiger partial charge in [-0.15, -0.1) is 0 Å². The van der Waals surface area contributed by atoms with E-state index < -0.39 is 17.7 Å². The third kappa shape index (κ3) is 3.13. The van der Waals surface area contributed by atoms with Gasteiger partial charge in [0.1, 0.15) is 17.5 Å². The molecule has 0 radical (unpaired) electrons. The summed E-state index contributed by atoms with van der Waals surface area (Å²) in [5.74, 6) is 0.227. The Morgan fingerprint density at radius 1 is 1.29 bits per heavy atom. The van der Waals surface area contributed by atoms with Crippen LogP contribution in [0.5, 0.6) is 0 Å². The Labute approximate surface area is 140 Å². The molecular weight excluding hydrogens is 312 g/mol. The summed E-state index contributed by atoms with van der Waals surface area (Å²) >= 11 is 0. The van der Waals surface area contributed by atoms with E-state index in [0.29, 0.717) is 26.1 Å². The summed E-state index contributed by atoms with van der Waals surface area (Å²) in [4.78, 5) is 44.1. The maximum atomic E-state index is 12.8. The number of carbonyl (C=O) groups is 3. The Hall–Kier alpha value is -2.38. The molecule has 0 bridgehead atoms. The quantitative estimate of drug-likeness (QED) is 0.769. The van der Waals surface area contributed by atoms with Crippen molar-refractivity contribution in [1.29, 1.82) is 0 Å². The number of imide groups is 1. The monoisotopic (exact) mass is 334 g/mol. The number of nitrogens with zero attached hydrogens (tertiary/aromatic N) is 4. The van der Waals surface area contributed by atoms with Crippen LogP contribution in [0.25, 0.3) is 0 Å². The predicted molar refractivity (Wildman–Crippen MR) is 83.7 cm³/mol. The highest BCUT2D eigenvalue weighted by Gasteiger charge is 2.44. The number of carbonyl (C=O) groups excluding carboxylic acids is 3. The van der Waals surface area contributed by atoms with Crippen LogP contribution in [-0.2, 0) is 27.4 Å². The molecule has 2 aliphatic heterocycles. The zero-order valence-corrected chi connectivity index (χ0v) is 14.2. The topological polar surface area (TPSA) is 84.7 Å². The van der Waals surface area contributed by atoms with Crippen LogP contribution >= 0.6 is 0 Å². The number of ether oxygens (including phenoxy) is 1. The minimum Gasteiger partial charge on any atom is -0.443 e. The second-order valence-electron chi connectivity index (χ2n) is 7.10. The van der Waals surface area contributed by atoms with Crippen LogP contribution in [0.3, 0.4) is 0 Å². The summed E-state index contributed by atoms with van der Waals surface area (Å²) in [6, 6.07) is -0.783. The Balaban J connectivity index is 1.74. The number of rotatable bonds is 1. The van der Waals surface area contributed by atoms with Crippen LogP contribution in [0, 0.1) is 0 Å². The standard InChI is InChI=1S/C16H22N4O4/c1-16(2,3)24-15(23)20-11(4-5-13(20)21)14(22)19-9-8-18-7-6-17-12(18)10-19/h6-7,11H,4-5,8-10H2,1-3H3. The van der Waals surface area contributed by atoms with Crippen LogP contribution in [0.4, 0.5) is 4.79 Å². The van der Waals surface area contributed by atoms with Crippen molar-refractivity contribution in [3.63, 3.8) is 0 Å². The van der Waals surface area contributed by atoms with E-state index in [-0.39, 0.29) is 18.2 Å². The number of likely N-dealkylation sites (tertiary alicyclic amines) is 1. The molecule has 3 rings (SSSR count). The number of hydrogen-bond acceptors (Lipinski definition) is 5. The summed E-state index contributed by atoms with van der Waals surface area (Å²) in [7, 11) is 0. The Morgan fingerprint density at radius 3 is 2.75 bits per heavy atom. The molecule has 24 heavy (non-hydrogen) atoms. The molecule has 8 heteroatoms. The highest BCUT2D eigenvalue weighted by molar-refractivity contribution is 6.00. The first kappa shape index (κ1) is 16.5. The summed E-state index contributed by atoms with van der Waals surface area (Å²) < 4.78 is 7.28. The molecule has 0 N–H and O–H groups in total. The zero-order chi connectivity index (χ0) is 17.5. The van der Waals surface area contributed by atoms with Gasteiger partial charge < -0.3 is 14.2 Å². The van der Waals surface area contributed by atoms with Crippen molar-refractivity contribution in [2.75, 3.05) is 6.54 Å². The van der Waals surface area contributed by atoms with Crippen molar-refractivity contribution in [2.24, 2.45) is 0 Å². The van der Waals surface area contributed by atoms with Crippen LogP contribution < -0.4 is 0 Å². The van der Waals surface area contributed by atoms with Crippen LogP contribution in [0.15, 0.2) is 12.4 Å². The van der Waals surface area contributed by atoms with Gasteiger partial charge in [-0.1, -0.05) is 0 Å². The van der Waals surface area contributed by atoms with Gasteiger partial charge >= 0.3 is 6.09 Å². The van der Waals surface area contributed by atoms with Crippen molar-refractivity contribution in [3.8, 4) is 0 Å². The Bertz CT molecular complexity index is 676. The Morgan fingerprint density at radius 2 is 2.04 bits per heavy atom. The fourth-order valence-corrected chi connectivity index (χ4v) is 3.03. The molecule has 1 aromatic heterocycles. The fraction of sp³-hybridized carbons (Fsp3) is 0.625. The minimum atomic E-state index is -0.783. The van der Waals surface area contributed by atoms with E-state index in [1.165, 1.54) is 0 Å². The van der Waals surface area contributed by atoms with Gasteiger partial charge in [0, 0.05) is 31.9 Å². The number of amides is 3. The van der Waals surface area contributed by atoms with Crippen molar-refractivity contribution in [1.82, 2.24) is 19.4 Å². The van der Waals surface area contributed by atoms with E-state index in [1.807, 2.05) is 10.8 Å². The number of fused-ring (bicyclic) bond motifs is 1. The first-order valence-electron chi connectivity index (χ1n) is 8.10.